The van der Waals surface area contributed by atoms with Gasteiger partial charge in [0.15, 0.2) is 6.17 Å². The number of benzene rings is 3. The summed E-state index contributed by atoms with van der Waals surface area (Å²) in [6.45, 7) is 3.76. The Kier molecular flexibility index (Phi) is 10.2. The summed E-state index contributed by atoms with van der Waals surface area (Å²) in [6.07, 6.45) is 1.37. The van der Waals surface area contributed by atoms with Crippen LogP contribution in [0.1, 0.15) is 38.7 Å². The second-order valence-corrected chi connectivity index (χ2v) is 11.3. The van der Waals surface area contributed by atoms with Gasteiger partial charge in [-0.15, -0.1) is 0 Å². The van der Waals surface area contributed by atoms with Crippen LogP contribution in [0.3, 0.4) is 0 Å². The molecule has 0 bridgehead atoms. The summed E-state index contributed by atoms with van der Waals surface area (Å²) in [5.41, 5.74) is 2.86. The first-order valence-electron chi connectivity index (χ1n) is 13.5. The highest BCUT2D eigenvalue weighted by atomic mass is 35.5. The number of anilines is 2. The Morgan fingerprint density at radius 2 is 1.60 bits per heavy atom. The first-order chi connectivity index (χ1) is 20.5. The highest BCUT2D eigenvalue weighted by Crippen LogP contribution is 2.38. The third kappa shape index (κ3) is 7.81. The van der Waals surface area contributed by atoms with Crippen molar-refractivity contribution in [2.75, 3.05) is 16.8 Å². The number of carbonyl (C=O) groups excluding carboxylic acids is 3. The molecule has 1 aliphatic rings. The molecule has 0 spiro atoms. The molecule has 3 N–H and O–H groups in total. The zero-order valence-corrected chi connectivity index (χ0v) is 25.0. The Balaban J connectivity index is 1.42. The van der Waals surface area contributed by atoms with E-state index in [-0.39, 0.29) is 24.7 Å². The van der Waals surface area contributed by atoms with Crippen LogP contribution in [0.25, 0.3) is 0 Å². The number of carbonyl (C=O) groups is 3. The minimum atomic E-state index is -1.11. The van der Waals surface area contributed by atoms with Gasteiger partial charge in [-0.3, -0.25) is 14.9 Å². The van der Waals surface area contributed by atoms with Gasteiger partial charge >= 0.3 is 12.1 Å². The molecule has 5 amide bonds. The minimum Gasteiger partial charge on any atom is -0.315 e. The van der Waals surface area contributed by atoms with Gasteiger partial charge < -0.3 is 10.2 Å². The molecule has 1 heterocycles. The zero-order chi connectivity index (χ0) is 31.1. The molecule has 13 heteroatoms. The SMILES string of the molecule is CC1(C)[C@@H](N(O)C(=O)Nc2ccc(Cl)cc2)N(c2ccc(Cl)cc2)C(=O)N1CCCCC(=O)N/N=C\c1ccc(F)cc1. The van der Waals surface area contributed by atoms with Crippen molar-refractivity contribution in [2.45, 2.75) is 44.8 Å². The summed E-state index contributed by atoms with van der Waals surface area (Å²) in [4.78, 5) is 42.1. The van der Waals surface area contributed by atoms with Crippen molar-refractivity contribution in [3.05, 3.63) is 94.2 Å². The maximum Gasteiger partial charge on any atom is 0.347 e. The van der Waals surface area contributed by atoms with Crippen molar-refractivity contribution in [2.24, 2.45) is 5.10 Å². The average Bonchev–Trinajstić information content (AvgIpc) is 3.17. The van der Waals surface area contributed by atoms with E-state index < -0.39 is 23.8 Å². The fraction of sp³-hybridized carbons (Fsp3) is 0.267. The van der Waals surface area contributed by atoms with Crippen molar-refractivity contribution in [1.29, 1.82) is 0 Å². The first kappa shape index (κ1) is 31.7. The lowest BCUT2D eigenvalue weighted by molar-refractivity contribution is -0.121. The maximum atomic E-state index is 13.8. The molecule has 1 aliphatic heterocycles. The number of rotatable bonds is 10. The molecule has 3 aromatic carbocycles. The number of urea groups is 2. The molecule has 0 radical (unpaired) electrons. The summed E-state index contributed by atoms with van der Waals surface area (Å²) in [5.74, 6) is -0.678. The zero-order valence-electron chi connectivity index (χ0n) is 23.5. The highest BCUT2D eigenvalue weighted by molar-refractivity contribution is 6.31. The van der Waals surface area contributed by atoms with Crippen molar-refractivity contribution >= 4 is 58.8 Å². The Bertz CT molecular complexity index is 1470. The quantitative estimate of drug-likeness (QED) is 0.0999. The Morgan fingerprint density at radius 3 is 2.23 bits per heavy atom. The number of amides is 5. The lowest BCUT2D eigenvalue weighted by Gasteiger charge is -2.38. The molecule has 3 aromatic rings. The van der Waals surface area contributed by atoms with Crippen LogP contribution in [-0.4, -0.2) is 57.6 Å². The van der Waals surface area contributed by atoms with Gasteiger partial charge in [-0.2, -0.15) is 10.2 Å². The van der Waals surface area contributed by atoms with E-state index in [4.69, 9.17) is 23.2 Å². The lowest BCUT2D eigenvalue weighted by atomic mass is 9.99. The number of nitrogens with zero attached hydrogens (tertiary/aromatic N) is 4. The van der Waals surface area contributed by atoms with E-state index in [1.807, 2.05) is 0 Å². The molecule has 4 rings (SSSR count). The number of hydrogen-bond donors (Lipinski definition) is 3. The van der Waals surface area contributed by atoms with Crippen LogP contribution in [0.5, 0.6) is 0 Å². The Labute approximate surface area is 258 Å². The van der Waals surface area contributed by atoms with Gasteiger partial charge in [0.1, 0.15) is 5.82 Å². The Morgan fingerprint density at radius 1 is 1.00 bits per heavy atom. The molecule has 1 atom stereocenters. The van der Waals surface area contributed by atoms with Crippen molar-refractivity contribution < 1.29 is 24.0 Å². The van der Waals surface area contributed by atoms with Crippen LogP contribution in [0, 0.1) is 5.82 Å². The number of hydrogen-bond acceptors (Lipinski definition) is 5. The molecular formula is C30H31Cl2FN6O4. The van der Waals surface area contributed by atoms with Gasteiger partial charge in [0.2, 0.25) is 5.91 Å². The number of hydrazone groups is 1. The van der Waals surface area contributed by atoms with Gasteiger partial charge in [-0.05, 0) is 92.9 Å². The first-order valence-corrected chi connectivity index (χ1v) is 14.2. The molecule has 43 heavy (non-hydrogen) atoms. The summed E-state index contributed by atoms with van der Waals surface area (Å²) in [7, 11) is 0. The van der Waals surface area contributed by atoms with Crippen LogP contribution < -0.4 is 15.6 Å². The van der Waals surface area contributed by atoms with Crippen molar-refractivity contribution in [1.82, 2.24) is 15.4 Å². The smallest absolute Gasteiger partial charge is 0.315 e. The molecule has 0 aliphatic carbocycles. The van der Waals surface area contributed by atoms with E-state index in [1.54, 1.807) is 67.3 Å². The summed E-state index contributed by atoms with van der Waals surface area (Å²) < 4.78 is 13.0. The second kappa shape index (κ2) is 13.9. The van der Waals surface area contributed by atoms with Gasteiger partial charge in [0.05, 0.1) is 11.8 Å². The predicted molar refractivity (Wildman–Crippen MR) is 164 cm³/mol. The standard InChI is InChI=1S/C30H31Cl2FN6O4/c1-30(2)27(39(43)28(41)35-24-14-8-21(31)9-15-24)38(25-16-10-22(32)11-17-25)29(42)37(30)18-4-3-5-26(40)36-34-19-20-6-12-23(33)13-7-20/h6-17,19,27,43H,3-5,18H2,1-2H3,(H,35,41)(H,36,40)/b34-19-/t27-/m1/s1. The van der Waals surface area contributed by atoms with Gasteiger partial charge in [-0.1, -0.05) is 35.3 Å². The van der Waals surface area contributed by atoms with Gasteiger partial charge in [0.25, 0.3) is 0 Å². The summed E-state index contributed by atoms with van der Waals surface area (Å²) >= 11 is 12.0. The van der Waals surface area contributed by atoms with E-state index in [2.05, 4.69) is 15.8 Å². The van der Waals surface area contributed by atoms with Gasteiger partial charge in [-0.25, -0.2) is 19.4 Å². The van der Waals surface area contributed by atoms with Crippen molar-refractivity contribution in [3.63, 3.8) is 0 Å². The van der Waals surface area contributed by atoms with E-state index in [9.17, 15) is 24.0 Å². The fourth-order valence-corrected chi connectivity index (χ4v) is 5.00. The normalized spacial score (nSPS) is 16.0. The van der Waals surface area contributed by atoms with Crippen LogP contribution in [-0.2, 0) is 4.79 Å². The molecule has 0 saturated carbocycles. The fourth-order valence-electron chi connectivity index (χ4n) is 4.75. The summed E-state index contributed by atoms with van der Waals surface area (Å²) in [5, 5.41) is 19.1. The van der Waals surface area contributed by atoms with Gasteiger partial charge in [0, 0.05) is 34.4 Å². The summed E-state index contributed by atoms with van der Waals surface area (Å²) in [6, 6.07) is 17.3. The monoisotopic (exact) mass is 628 g/mol. The van der Waals surface area contributed by atoms with E-state index in [0.717, 1.165) is 0 Å². The lowest BCUT2D eigenvalue weighted by Crippen LogP contribution is -2.58. The number of halogens is 3. The third-order valence-corrected chi connectivity index (χ3v) is 7.46. The molecular weight excluding hydrogens is 598 g/mol. The molecule has 10 nitrogen and oxygen atoms in total. The number of nitrogens with one attached hydrogen (secondary N) is 2. The molecule has 1 saturated heterocycles. The Hall–Kier alpha value is -4.19. The molecule has 226 valence electrons. The van der Waals surface area contributed by atoms with E-state index in [0.29, 0.717) is 44.9 Å². The number of hydroxylamine groups is 2. The maximum absolute atomic E-state index is 13.8. The third-order valence-electron chi connectivity index (χ3n) is 6.96. The molecule has 1 fully saturated rings. The van der Waals surface area contributed by atoms with E-state index >= 15 is 0 Å². The van der Waals surface area contributed by atoms with E-state index in [1.165, 1.54) is 35.4 Å². The topological polar surface area (TPSA) is 118 Å². The molecule has 0 aromatic heterocycles. The van der Waals surface area contributed by atoms with Crippen LogP contribution in [0.15, 0.2) is 77.9 Å². The predicted octanol–water partition coefficient (Wildman–Crippen LogP) is 6.72. The van der Waals surface area contributed by atoms with Crippen LogP contribution >= 0.6 is 23.2 Å². The van der Waals surface area contributed by atoms with Crippen molar-refractivity contribution in [3.8, 4) is 0 Å². The minimum absolute atomic E-state index is 0.156. The molecule has 0 unspecified atom stereocenters. The average molecular weight is 630 g/mol. The van der Waals surface area contributed by atoms with Crippen LogP contribution in [0.2, 0.25) is 10.0 Å². The second-order valence-electron chi connectivity index (χ2n) is 10.4. The van der Waals surface area contributed by atoms with Crippen LogP contribution in [0.4, 0.5) is 25.4 Å². The highest BCUT2D eigenvalue weighted by Gasteiger charge is 2.55. The number of unbranched alkanes of at least 4 members (excludes halogenated alkanes) is 1. The largest absolute Gasteiger partial charge is 0.347 e.